The van der Waals surface area contributed by atoms with E-state index >= 15 is 0 Å². The maximum atomic E-state index is 12.2. The number of ether oxygens (including phenoxy) is 2. The molecule has 0 fully saturated rings. The number of methoxy groups -OCH3 is 1. The third kappa shape index (κ3) is 6.68. The summed E-state index contributed by atoms with van der Waals surface area (Å²) >= 11 is 1.40. The van der Waals surface area contributed by atoms with Crippen molar-refractivity contribution in [1.82, 2.24) is 10.4 Å². The number of aromatic nitrogens is 1. The van der Waals surface area contributed by atoms with Crippen molar-refractivity contribution >= 4 is 38.8 Å². The number of amides is 1. The van der Waals surface area contributed by atoms with Crippen LogP contribution in [0.2, 0.25) is 0 Å². The van der Waals surface area contributed by atoms with Crippen molar-refractivity contribution in [3.63, 3.8) is 0 Å². The Bertz CT molecular complexity index is 1050. The number of fused-ring (bicyclic) bond motifs is 1. The first-order valence-corrected chi connectivity index (χ1v) is 11.2. The van der Waals surface area contributed by atoms with Gasteiger partial charge in [0.1, 0.15) is 0 Å². The molecule has 3 N–H and O–H groups in total. The van der Waals surface area contributed by atoms with Gasteiger partial charge in [-0.2, -0.15) is 5.10 Å². The summed E-state index contributed by atoms with van der Waals surface area (Å²) < 4.78 is 12.2. The highest BCUT2D eigenvalue weighted by Crippen LogP contribution is 2.28. The molecule has 0 radical (unpaired) electrons. The van der Waals surface area contributed by atoms with Crippen LogP contribution in [0.3, 0.4) is 0 Å². The van der Waals surface area contributed by atoms with E-state index in [4.69, 9.17) is 15.2 Å². The lowest BCUT2D eigenvalue weighted by Gasteiger charge is -2.11. The smallest absolute Gasteiger partial charge is 0.244 e. The number of carbonyl (C=O) groups excluding carboxylic acids is 1. The van der Waals surface area contributed by atoms with Crippen molar-refractivity contribution < 1.29 is 14.3 Å². The Balaban J connectivity index is 1.52. The van der Waals surface area contributed by atoms with Gasteiger partial charge >= 0.3 is 0 Å². The van der Waals surface area contributed by atoms with Gasteiger partial charge in [0.05, 0.1) is 36.6 Å². The van der Waals surface area contributed by atoms with Crippen LogP contribution in [0.5, 0.6) is 11.5 Å². The standard InChI is InChI=1S/C23H28N4O3S/c1-3-4-5-6-11-30-19-10-8-17(12-20(19)29-2)15-25-27-22(28)14-16-7-9-18-21(13-16)31-23(24)26-18/h7-10,12-13,15H,3-6,11,14H2,1-2H3,(H2,24,26)(H,27,28)/b25-15-. The first-order chi connectivity index (χ1) is 15.1. The quantitative estimate of drug-likeness (QED) is 0.259. The molecule has 0 saturated carbocycles. The number of nitrogen functional groups attached to an aromatic ring is 1. The topological polar surface area (TPSA) is 98.8 Å². The zero-order valence-electron chi connectivity index (χ0n) is 17.9. The number of benzene rings is 2. The zero-order chi connectivity index (χ0) is 22.1. The summed E-state index contributed by atoms with van der Waals surface area (Å²) in [4.78, 5) is 16.4. The van der Waals surface area contributed by atoms with Gasteiger partial charge in [-0.3, -0.25) is 4.79 Å². The number of nitrogens with one attached hydrogen (secondary N) is 1. The Labute approximate surface area is 186 Å². The van der Waals surface area contributed by atoms with Crippen LogP contribution in [0.25, 0.3) is 10.2 Å². The molecular formula is C23H28N4O3S. The molecule has 0 unspecified atom stereocenters. The molecule has 164 valence electrons. The fourth-order valence-electron chi connectivity index (χ4n) is 3.10. The molecule has 0 bridgehead atoms. The molecular weight excluding hydrogens is 412 g/mol. The normalized spacial score (nSPS) is 11.2. The first-order valence-electron chi connectivity index (χ1n) is 10.4. The highest BCUT2D eigenvalue weighted by molar-refractivity contribution is 7.22. The lowest BCUT2D eigenvalue weighted by molar-refractivity contribution is -0.120. The number of thiazole rings is 1. The van der Waals surface area contributed by atoms with Crippen molar-refractivity contribution in [2.75, 3.05) is 19.5 Å². The van der Waals surface area contributed by atoms with Crippen LogP contribution in [0, 0.1) is 0 Å². The van der Waals surface area contributed by atoms with Crippen LogP contribution in [0.1, 0.15) is 43.7 Å². The predicted octanol–water partition coefficient (Wildman–Crippen LogP) is 4.54. The Morgan fingerprint density at radius 3 is 2.87 bits per heavy atom. The molecule has 2 aromatic carbocycles. The number of nitrogens with zero attached hydrogens (tertiary/aromatic N) is 2. The van der Waals surface area contributed by atoms with Crippen LogP contribution in [-0.4, -0.2) is 30.8 Å². The average Bonchev–Trinajstić information content (AvgIpc) is 3.13. The number of rotatable bonds is 11. The van der Waals surface area contributed by atoms with Crippen LogP contribution in [-0.2, 0) is 11.2 Å². The fourth-order valence-corrected chi connectivity index (χ4v) is 3.89. The largest absolute Gasteiger partial charge is 0.493 e. The molecule has 0 saturated heterocycles. The van der Waals surface area contributed by atoms with Gasteiger partial charge in [-0.1, -0.05) is 43.6 Å². The molecule has 7 nitrogen and oxygen atoms in total. The summed E-state index contributed by atoms with van der Waals surface area (Å²) in [6.07, 6.45) is 6.41. The van der Waals surface area contributed by atoms with E-state index in [0.29, 0.717) is 23.2 Å². The second-order valence-corrected chi connectivity index (χ2v) is 8.21. The van der Waals surface area contributed by atoms with Gasteiger partial charge in [0.15, 0.2) is 16.6 Å². The number of anilines is 1. The summed E-state index contributed by atoms with van der Waals surface area (Å²) in [6.45, 7) is 2.85. The minimum Gasteiger partial charge on any atom is -0.493 e. The van der Waals surface area contributed by atoms with Crippen LogP contribution in [0.15, 0.2) is 41.5 Å². The van der Waals surface area contributed by atoms with E-state index in [1.165, 1.54) is 24.2 Å². The van der Waals surface area contributed by atoms with Gasteiger partial charge in [0.25, 0.3) is 0 Å². The van der Waals surface area contributed by atoms with Crippen LogP contribution >= 0.6 is 11.3 Å². The number of carbonyl (C=O) groups is 1. The fraction of sp³-hybridized carbons (Fsp3) is 0.348. The molecule has 0 aliphatic rings. The van der Waals surface area contributed by atoms with Crippen molar-refractivity contribution in [1.29, 1.82) is 0 Å². The van der Waals surface area contributed by atoms with E-state index in [1.807, 2.05) is 36.4 Å². The Kier molecular flexibility index (Phi) is 8.23. The third-order valence-electron chi connectivity index (χ3n) is 4.68. The SMILES string of the molecule is CCCCCCOc1ccc(/C=N\NC(=O)Cc2ccc3nc(N)sc3c2)cc1OC. The second kappa shape index (κ2) is 11.3. The number of hydrogen-bond acceptors (Lipinski definition) is 7. The molecule has 1 heterocycles. The van der Waals surface area contributed by atoms with E-state index in [0.717, 1.165) is 34.2 Å². The predicted molar refractivity (Wildman–Crippen MR) is 126 cm³/mol. The van der Waals surface area contributed by atoms with E-state index in [9.17, 15) is 4.79 Å². The molecule has 8 heteroatoms. The molecule has 3 rings (SSSR count). The zero-order valence-corrected chi connectivity index (χ0v) is 18.7. The summed E-state index contributed by atoms with van der Waals surface area (Å²) in [7, 11) is 1.61. The molecule has 0 spiro atoms. The first kappa shape index (κ1) is 22.6. The third-order valence-corrected chi connectivity index (χ3v) is 5.53. The van der Waals surface area contributed by atoms with Gasteiger partial charge in [0, 0.05) is 0 Å². The highest BCUT2D eigenvalue weighted by Gasteiger charge is 2.07. The number of nitrogens with two attached hydrogens (primary N) is 1. The molecule has 0 aliphatic heterocycles. The lowest BCUT2D eigenvalue weighted by atomic mass is 10.1. The number of hydrazone groups is 1. The lowest BCUT2D eigenvalue weighted by Crippen LogP contribution is -2.19. The van der Waals surface area contributed by atoms with E-state index in [-0.39, 0.29) is 12.3 Å². The monoisotopic (exact) mass is 440 g/mol. The summed E-state index contributed by atoms with van der Waals surface area (Å²) in [6, 6.07) is 11.2. The van der Waals surface area contributed by atoms with Crippen molar-refractivity contribution in [3.05, 3.63) is 47.5 Å². The maximum absolute atomic E-state index is 12.2. The number of unbranched alkanes of at least 4 members (excludes halogenated alkanes) is 3. The van der Waals surface area contributed by atoms with Gasteiger partial charge < -0.3 is 15.2 Å². The van der Waals surface area contributed by atoms with E-state index < -0.39 is 0 Å². The molecule has 1 aromatic heterocycles. The Morgan fingerprint density at radius 2 is 2.06 bits per heavy atom. The molecule has 1 amide bonds. The molecule has 3 aromatic rings. The van der Waals surface area contributed by atoms with Gasteiger partial charge in [-0.25, -0.2) is 10.4 Å². The van der Waals surface area contributed by atoms with Crippen molar-refractivity contribution in [2.24, 2.45) is 5.10 Å². The Hall–Kier alpha value is -3.13. The average molecular weight is 441 g/mol. The molecule has 0 atom stereocenters. The second-order valence-electron chi connectivity index (χ2n) is 7.14. The van der Waals surface area contributed by atoms with E-state index in [2.05, 4.69) is 22.4 Å². The van der Waals surface area contributed by atoms with Crippen LogP contribution < -0.4 is 20.6 Å². The number of hydrogen-bond donors (Lipinski definition) is 2. The molecule has 0 aliphatic carbocycles. The van der Waals surface area contributed by atoms with Crippen molar-refractivity contribution in [3.8, 4) is 11.5 Å². The van der Waals surface area contributed by atoms with E-state index in [1.54, 1.807) is 13.3 Å². The minimum atomic E-state index is -0.202. The summed E-state index contributed by atoms with van der Waals surface area (Å²) in [5.74, 6) is 1.15. The van der Waals surface area contributed by atoms with Crippen LogP contribution in [0.4, 0.5) is 5.13 Å². The Morgan fingerprint density at radius 1 is 1.19 bits per heavy atom. The maximum Gasteiger partial charge on any atom is 0.244 e. The summed E-state index contributed by atoms with van der Waals surface area (Å²) in [5.41, 5.74) is 10.8. The van der Waals surface area contributed by atoms with Gasteiger partial charge in [-0.15, -0.1) is 0 Å². The van der Waals surface area contributed by atoms with Gasteiger partial charge in [-0.05, 0) is 47.9 Å². The molecule has 31 heavy (non-hydrogen) atoms. The summed E-state index contributed by atoms with van der Waals surface area (Å²) in [5, 5.41) is 4.57. The van der Waals surface area contributed by atoms with Crippen molar-refractivity contribution in [2.45, 2.75) is 39.0 Å². The van der Waals surface area contributed by atoms with Gasteiger partial charge in [0.2, 0.25) is 5.91 Å². The minimum absolute atomic E-state index is 0.202. The highest BCUT2D eigenvalue weighted by atomic mass is 32.1.